The smallest absolute Gasteiger partial charge is 0.222 e. The molecule has 2 heterocycles. The van der Waals surface area contributed by atoms with Crippen molar-refractivity contribution in [3.05, 3.63) is 23.4 Å². The monoisotopic (exact) mass is 262 g/mol. The van der Waals surface area contributed by atoms with E-state index in [0.717, 1.165) is 24.8 Å². The van der Waals surface area contributed by atoms with E-state index < -0.39 is 0 Å². The standard InChI is InChI=1S/C15H22N2O2/c1-9(2)7-11-12(15(11,3)4)14-17-16-13(19-14)10-5-6-18-8-10/h7,10-12H,5-6,8H2,1-4H3/t10-,11+,12-/m0/s1. The molecule has 1 aromatic rings. The molecule has 0 unspecified atom stereocenters. The molecule has 0 radical (unpaired) electrons. The van der Waals surface area contributed by atoms with Gasteiger partial charge >= 0.3 is 0 Å². The molecule has 0 amide bonds. The fraction of sp³-hybridized carbons (Fsp3) is 0.733. The third kappa shape index (κ3) is 2.22. The Morgan fingerprint density at radius 2 is 2.00 bits per heavy atom. The van der Waals surface area contributed by atoms with Crippen LogP contribution in [0.25, 0.3) is 0 Å². The van der Waals surface area contributed by atoms with Crippen LogP contribution in [-0.4, -0.2) is 23.4 Å². The summed E-state index contributed by atoms with van der Waals surface area (Å²) in [7, 11) is 0. The lowest BCUT2D eigenvalue weighted by molar-refractivity contribution is 0.190. The summed E-state index contributed by atoms with van der Waals surface area (Å²) < 4.78 is 11.3. The van der Waals surface area contributed by atoms with Crippen molar-refractivity contribution in [3.8, 4) is 0 Å². The molecular weight excluding hydrogens is 240 g/mol. The Kier molecular flexibility index (Phi) is 3.01. The maximum atomic E-state index is 5.91. The number of hydrogen-bond acceptors (Lipinski definition) is 4. The molecule has 2 fully saturated rings. The SMILES string of the molecule is CC(C)=C[C@@H]1[C@@H](c2nnc([C@H]3CCOC3)o2)C1(C)C. The maximum absolute atomic E-state index is 5.91. The van der Waals surface area contributed by atoms with Crippen molar-refractivity contribution in [2.75, 3.05) is 13.2 Å². The molecule has 1 aliphatic carbocycles. The van der Waals surface area contributed by atoms with Crippen LogP contribution in [0.5, 0.6) is 0 Å². The lowest BCUT2D eigenvalue weighted by Crippen LogP contribution is -1.97. The van der Waals surface area contributed by atoms with E-state index in [9.17, 15) is 0 Å². The van der Waals surface area contributed by atoms with E-state index in [1.54, 1.807) is 0 Å². The van der Waals surface area contributed by atoms with Crippen molar-refractivity contribution in [2.24, 2.45) is 11.3 Å². The fourth-order valence-electron chi connectivity index (χ4n) is 3.09. The molecule has 0 aromatic carbocycles. The average molecular weight is 262 g/mol. The maximum Gasteiger partial charge on any atom is 0.222 e. The number of hydrogen-bond donors (Lipinski definition) is 0. The van der Waals surface area contributed by atoms with Crippen molar-refractivity contribution < 1.29 is 9.15 Å². The summed E-state index contributed by atoms with van der Waals surface area (Å²) in [6.07, 6.45) is 3.32. The van der Waals surface area contributed by atoms with E-state index in [-0.39, 0.29) is 5.41 Å². The Bertz CT molecular complexity index is 494. The first-order valence-corrected chi connectivity index (χ1v) is 7.06. The third-order valence-corrected chi connectivity index (χ3v) is 4.42. The van der Waals surface area contributed by atoms with Crippen LogP contribution in [0, 0.1) is 11.3 Å². The zero-order chi connectivity index (χ0) is 13.6. The molecule has 3 atom stereocenters. The van der Waals surface area contributed by atoms with Gasteiger partial charge in [0.1, 0.15) is 0 Å². The van der Waals surface area contributed by atoms with E-state index >= 15 is 0 Å². The lowest BCUT2D eigenvalue weighted by Gasteiger charge is -1.99. The van der Waals surface area contributed by atoms with Crippen LogP contribution in [-0.2, 0) is 4.74 Å². The summed E-state index contributed by atoms with van der Waals surface area (Å²) in [5.41, 5.74) is 1.58. The molecule has 1 aromatic heterocycles. The van der Waals surface area contributed by atoms with Gasteiger partial charge in [0.25, 0.3) is 0 Å². The summed E-state index contributed by atoms with van der Waals surface area (Å²) in [4.78, 5) is 0. The highest BCUT2D eigenvalue weighted by atomic mass is 16.5. The second kappa shape index (κ2) is 4.44. The molecule has 1 aliphatic heterocycles. The molecule has 1 saturated carbocycles. The van der Waals surface area contributed by atoms with E-state index in [1.165, 1.54) is 5.57 Å². The van der Waals surface area contributed by atoms with Gasteiger partial charge in [0.15, 0.2) is 0 Å². The Morgan fingerprint density at radius 3 is 2.63 bits per heavy atom. The van der Waals surface area contributed by atoms with Gasteiger partial charge in [0.2, 0.25) is 11.8 Å². The van der Waals surface area contributed by atoms with Crippen molar-refractivity contribution >= 4 is 0 Å². The molecule has 0 spiro atoms. The predicted molar refractivity (Wildman–Crippen MR) is 71.9 cm³/mol. The molecule has 4 heteroatoms. The Hall–Kier alpha value is -1.16. The van der Waals surface area contributed by atoms with Gasteiger partial charge in [-0.25, -0.2) is 0 Å². The summed E-state index contributed by atoms with van der Waals surface area (Å²) in [5, 5.41) is 8.50. The summed E-state index contributed by atoms with van der Waals surface area (Å²) in [6, 6.07) is 0. The fourth-order valence-corrected chi connectivity index (χ4v) is 3.09. The number of nitrogens with zero attached hydrogens (tertiary/aromatic N) is 2. The van der Waals surface area contributed by atoms with Crippen LogP contribution in [0.4, 0.5) is 0 Å². The highest BCUT2D eigenvalue weighted by molar-refractivity contribution is 5.26. The first-order chi connectivity index (χ1) is 9.00. The minimum absolute atomic E-state index is 0.229. The van der Waals surface area contributed by atoms with Crippen LogP contribution in [0.3, 0.4) is 0 Å². The molecule has 1 saturated heterocycles. The normalized spacial score (nSPS) is 32.3. The van der Waals surface area contributed by atoms with Crippen molar-refractivity contribution in [1.82, 2.24) is 10.2 Å². The minimum atomic E-state index is 0.229. The summed E-state index contributed by atoms with van der Waals surface area (Å²) in [6.45, 7) is 10.3. The Labute approximate surface area is 114 Å². The van der Waals surface area contributed by atoms with Crippen molar-refractivity contribution in [1.29, 1.82) is 0 Å². The van der Waals surface area contributed by atoms with Gasteiger partial charge < -0.3 is 9.15 Å². The van der Waals surface area contributed by atoms with Crippen LogP contribution >= 0.6 is 0 Å². The lowest BCUT2D eigenvalue weighted by atomic mass is 10.1. The van der Waals surface area contributed by atoms with Gasteiger partial charge in [0, 0.05) is 12.5 Å². The van der Waals surface area contributed by atoms with E-state index in [0.29, 0.717) is 24.4 Å². The van der Waals surface area contributed by atoms with Crippen molar-refractivity contribution in [3.63, 3.8) is 0 Å². The molecular formula is C15H22N2O2. The summed E-state index contributed by atoms with van der Waals surface area (Å²) in [5.74, 6) is 2.74. The Morgan fingerprint density at radius 1 is 1.26 bits per heavy atom. The molecule has 0 N–H and O–H groups in total. The van der Waals surface area contributed by atoms with Gasteiger partial charge in [-0.1, -0.05) is 25.5 Å². The van der Waals surface area contributed by atoms with Gasteiger partial charge in [-0.15, -0.1) is 10.2 Å². The number of aromatic nitrogens is 2. The summed E-state index contributed by atoms with van der Waals surface area (Å²) >= 11 is 0. The molecule has 19 heavy (non-hydrogen) atoms. The van der Waals surface area contributed by atoms with Crippen LogP contribution in [0.15, 0.2) is 16.1 Å². The second-order valence-electron chi connectivity index (χ2n) is 6.61. The molecule has 0 bridgehead atoms. The molecule has 3 rings (SSSR count). The first-order valence-electron chi connectivity index (χ1n) is 7.06. The number of allylic oxidation sites excluding steroid dienone is 2. The number of rotatable bonds is 3. The highest BCUT2D eigenvalue weighted by Gasteiger charge is 2.60. The van der Waals surface area contributed by atoms with Crippen LogP contribution in [0.2, 0.25) is 0 Å². The van der Waals surface area contributed by atoms with Crippen LogP contribution in [0.1, 0.15) is 57.7 Å². The first kappa shape index (κ1) is 12.9. The van der Waals surface area contributed by atoms with Gasteiger partial charge in [-0.05, 0) is 31.6 Å². The quantitative estimate of drug-likeness (QED) is 0.784. The molecule has 2 aliphatic rings. The Balaban J connectivity index is 1.78. The molecule has 4 nitrogen and oxygen atoms in total. The van der Waals surface area contributed by atoms with Gasteiger partial charge in [-0.3, -0.25) is 0 Å². The largest absolute Gasteiger partial charge is 0.425 e. The topological polar surface area (TPSA) is 48.2 Å². The van der Waals surface area contributed by atoms with Crippen LogP contribution < -0.4 is 0 Å². The van der Waals surface area contributed by atoms with Gasteiger partial charge in [-0.2, -0.15) is 0 Å². The molecule has 104 valence electrons. The van der Waals surface area contributed by atoms with E-state index in [4.69, 9.17) is 9.15 Å². The van der Waals surface area contributed by atoms with E-state index in [2.05, 4.69) is 44.0 Å². The number of ether oxygens (including phenoxy) is 1. The van der Waals surface area contributed by atoms with Crippen molar-refractivity contribution in [2.45, 2.75) is 46.0 Å². The third-order valence-electron chi connectivity index (χ3n) is 4.42. The van der Waals surface area contributed by atoms with Gasteiger partial charge in [0.05, 0.1) is 12.5 Å². The van der Waals surface area contributed by atoms with E-state index in [1.807, 2.05) is 0 Å². The zero-order valence-electron chi connectivity index (χ0n) is 12.1. The second-order valence-corrected chi connectivity index (χ2v) is 6.61. The average Bonchev–Trinajstić information content (AvgIpc) is 2.84. The highest BCUT2D eigenvalue weighted by Crippen LogP contribution is 2.65. The zero-order valence-corrected chi connectivity index (χ0v) is 12.1. The minimum Gasteiger partial charge on any atom is -0.425 e. The predicted octanol–water partition coefficient (Wildman–Crippen LogP) is 3.28.